The van der Waals surface area contributed by atoms with Crippen LogP contribution in [0.4, 0.5) is 0 Å². The SMILES string of the molecule is CCC1(c2ccc(OC)cc2)CC1(CN)CO. The molecule has 0 bridgehead atoms. The molecule has 1 aromatic carbocycles. The summed E-state index contributed by atoms with van der Waals surface area (Å²) in [6, 6.07) is 8.14. The first-order valence-electron chi connectivity index (χ1n) is 6.13. The van der Waals surface area contributed by atoms with Crippen molar-refractivity contribution in [1.29, 1.82) is 0 Å². The molecule has 1 aliphatic rings. The molecule has 0 amide bonds. The van der Waals surface area contributed by atoms with Crippen molar-refractivity contribution in [2.75, 3.05) is 20.3 Å². The van der Waals surface area contributed by atoms with Gasteiger partial charge in [-0.25, -0.2) is 0 Å². The quantitative estimate of drug-likeness (QED) is 0.816. The third kappa shape index (κ3) is 1.65. The molecule has 3 heteroatoms. The van der Waals surface area contributed by atoms with Gasteiger partial charge in [0.15, 0.2) is 0 Å². The van der Waals surface area contributed by atoms with Crippen molar-refractivity contribution >= 4 is 0 Å². The summed E-state index contributed by atoms with van der Waals surface area (Å²) in [4.78, 5) is 0. The van der Waals surface area contributed by atoms with Crippen molar-refractivity contribution in [3.63, 3.8) is 0 Å². The van der Waals surface area contributed by atoms with Crippen LogP contribution in [0.2, 0.25) is 0 Å². The van der Waals surface area contributed by atoms with E-state index in [1.54, 1.807) is 7.11 Å². The molecular weight excluding hydrogens is 214 g/mol. The lowest BCUT2D eigenvalue weighted by Gasteiger charge is -2.23. The van der Waals surface area contributed by atoms with Gasteiger partial charge in [-0.3, -0.25) is 0 Å². The molecule has 2 unspecified atom stereocenters. The number of hydrogen-bond acceptors (Lipinski definition) is 3. The van der Waals surface area contributed by atoms with Crippen LogP contribution in [0.25, 0.3) is 0 Å². The van der Waals surface area contributed by atoms with Crippen LogP contribution in [-0.2, 0) is 5.41 Å². The smallest absolute Gasteiger partial charge is 0.118 e. The van der Waals surface area contributed by atoms with Crippen LogP contribution < -0.4 is 10.5 Å². The standard InChI is InChI=1S/C14H21NO2/c1-3-14(8-13(14,9-15)10-16)11-4-6-12(17-2)7-5-11/h4-7,16H,3,8-10,15H2,1-2H3. The molecule has 1 aliphatic carbocycles. The fraction of sp³-hybridized carbons (Fsp3) is 0.571. The Hall–Kier alpha value is -1.06. The summed E-state index contributed by atoms with van der Waals surface area (Å²) in [5.74, 6) is 0.864. The van der Waals surface area contributed by atoms with Crippen LogP contribution in [-0.4, -0.2) is 25.4 Å². The first-order valence-corrected chi connectivity index (χ1v) is 6.13. The maximum Gasteiger partial charge on any atom is 0.118 e. The predicted octanol–water partition coefficient (Wildman–Crippen LogP) is 1.68. The molecule has 2 atom stereocenters. The molecule has 3 nitrogen and oxygen atoms in total. The van der Waals surface area contributed by atoms with Gasteiger partial charge in [-0.2, -0.15) is 0 Å². The summed E-state index contributed by atoms with van der Waals surface area (Å²) in [5, 5.41) is 9.58. The van der Waals surface area contributed by atoms with Gasteiger partial charge < -0.3 is 15.6 Å². The molecule has 1 aromatic rings. The average Bonchev–Trinajstić information content (AvgIpc) is 3.09. The number of aliphatic hydroxyl groups is 1. The van der Waals surface area contributed by atoms with Gasteiger partial charge in [-0.1, -0.05) is 19.1 Å². The summed E-state index contributed by atoms with van der Waals surface area (Å²) in [6.45, 7) is 2.88. The van der Waals surface area contributed by atoms with E-state index in [0.29, 0.717) is 6.54 Å². The maximum atomic E-state index is 9.58. The molecule has 94 valence electrons. The number of rotatable bonds is 5. The van der Waals surface area contributed by atoms with Gasteiger partial charge in [0.05, 0.1) is 13.7 Å². The molecule has 0 aliphatic heterocycles. The lowest BCUT2D eigenvalue weighted by molar-refractivity contribution is 0.193. The molecule has 17 heavy (non-hydrogen) atoms. The Morgan fingerprint density at radius 1 is 1.35 bits per heavy atom. The van der Waals surface area contributed by atoms with Crippen molar-refractivity contribution in [3.05, 3.63) is 29.8 Å². The van der Waals surface area contributed by atoms with Crippen LogP contribution in [0.1, 0.15) is 25.3 Å². The zero-order valence-electron chi connectivity index (χ0n) is 10.6. The summed E-state index contributed by atoms with van der Waals surface area (Å²) in [5.41, 5.74) is 7.05. The Bertz CT molecular complexity index is 384. The first-order chi connectivity index (χ1) is 8.18. The third-order valence-corrected chi connectivity index (χ3v) is 4.47. The summed E-state index contributed by atoms with van der Waals surface area (Å²) in [7, 11) is 1.67. The van der Waals surface area contributed by atoms with Crippen molar-refractivity contribution in [1.82, 2.24) is 0 Å². The van der Waals surface area contributed by atoms with E-state index in [1.807, 2.05) is 12.1 Å². The fourth-order valence-electron chi connectivity index (χ4n) is 3.10. The van der Waals surface area contributed by atoms with Gasteiger partial charge in [-0.05, 0) is 30.5 Å². The number of nitrogens with two attached hydrogens (primary N) is 1. The van der Waals surface area contributed by atoms with Crippen molar-refractivity contribution in [3.8, 4) is 5.75 Å². The van der Waals surface area contributed by atoms with E-state index in [4.69, 9.17) is 10.5 Å². The molecule has 1 saturated carbocycles. The highest BCUT2D eigenvalue weighted by molar-refractivity contribution is 5.41. The molecule has 0 saturated heterocycles. The second-order valence-electron chi connectivity index (χ2n) is 4.98. The number of hydrogen-bond donors (Lipinski definition) is 2. The number of benzene rings is 1. The van der Waals surface area contributed by atoms with E-state index in [0.717, 1.165) is 18.6 Å². The third-order valence-electron chi connectivity index (χ3n) is 4.47. The Morgan fingerprint density at radius 2 is 2.00 bits per heavy atom. The largest absolute Gasteiger partial charge is 0.497 e. The Kier molecular flexibility index (Phi) is 3.15. The van der Waals surface area contributed by atoms with Gasteiger partial charge in [0.25, 0.3) is 0 Å². The number of ether oxygens (including phenoxy) is 1. The highest BCUT2D eigenvalue weighted by Gasteiger charge is 2.65. The lowest BCUT2D eigenvalue weighted by atomic mass is 9.84. The summed E-state index contributed by atoms with van der Waals surface area (Å²) >= 11 is 0. The second kappa shape index (κ2) is 4.31. The molecule has 1 fully saturated rings. The van der Waals surface area contributed by atoms with E-state index in [9.17, 15) is 5.11 Å². The molecule has 3 N–H and O–H groups in total. The Labute approximate surface area is 103 Å². The van der Waals surface area contributed by atoms with E-state index < -0.39 is 0 Å². The monoisotopic (exact) mass is 235 g/mol. The minimum Gasteiger partial charge on any atom is -0.497 e. The van der Waals surface area contributed by atoms with Crippen LogP contribution in [0.3, 0.4) is 0 Å². The Balaban J connectivity index is 2.31. The molecule has 0 heterocycles. The zero-order valence-corrected chi connectivity index (χ0v) is 10.6. The van der Waals surface area contributed by atoms with E-state index in [2.05, 4.69) is 19.1 Å². The minimum atomic E-state index is -0.115. The molecule has 0 aromatic heterocycles. The van der Waals surface area contributed by atoms with Gasteiger partial charge in [0.2, 0.25) is 0 Å². The van der Waals surface area contributed by atoms with Gasteiger partial charge in [-0.15, -0.1) is 0 Å². The van der Waals surface area contributed by atoms with Gasteiger partial charge >= 0.3 is 0 Å². The van der Waals surface area contributed by atoms with E-state index >= 15 is 0 Å². The molecule has 2 rings (SSSR count). The maximum absolute atomic E-state index is 9.58. The average molecular weight is 235 g/mol. The van der Waals surface area contributed by atoms with Crippen molar-refractivity contribution in [2.24, 2.45) is 11.1 Å². The van der Waals surface area contributed by atoms with Gasteiger partial charge in [0.1, 0.15) is 5.75 Å². The lowest BCUT2D eigenvalue weighted by Crippen LogP contribution is -2.29. The normalized spacial score (nSPS) is 31.3. The molecular formula is C14H21NO2. The predicted molar refractivity (Wildman–Crippen MR) is 68.2 cm³/mol. The van der Waals surface area contributed by atoms with Crippen molar-refractivity contribution < 1.29 is 9.84 Å². The molecule has 0 radical (unpaired) electrons. The number of aliphatic hydroxyl groups excluding tert-OH is 1. The topological polar surface area (TPSA) is 55.5 Å². The highest BCUT2D eigenvalue weighted by atomic mass is 16.5. The summed E-state index contributed by atoms with van der Waals surface area (Å²) in [6.07, 6.45) is 1.99. The van der Waals surface area contributed by atoms with Crippen molar-refractivity contribution in [2.45, 2.75) is 25.2 Å². The minimum absolute atomic E-state index is 0.0583. The second-order valence-corrected chi connectivity index (χ2v) is 4.98. The molecule has 0 spiro atoms. The summed E-state index contributed by atoms with van der Waals surface area (Å²) < 4.78 is 5.17. The zero-order chi connectivity index (χ0) is 12.5. The van der Waals surface area contributed by atoms with Gasteiger partial charge in [0, 0.05) is 17.4 Å². The van der Waals surface area contributed by atoms with Crippen LogP contribution in [0.5, 0.6) is 5.75 Å². The highest BCUT2D eigenvalue weighted by Crippen LogP contribution is 2.65. The van der Waals surface area contributed by atoms with Crippen LogP contribution in [0, 0.1) is 5.41 Å². The number of methoxy groups -OCH3 is 1. The van der Waals surface area contributed by atoms with Crippen LogP contribution >= 0.6 is 0 Å². The van der Waals surface area contributed by atoms with Crippen LogP contribution in [0.15, 0.2) is 24.3 Å². The van der Waals surface area contributed by atoms with E-state index in [1.165, 1.54) is 5.56 Å². The Morgan fingerprint density at radius 3 is 2.35 bits per heavy atom. The fourth-order valence-corrected chi connectivity index (χ4v) is 3.10. The first kappa shape index (κ1) is 12.4. The van der Waals surface area contributed by atoms with E-state index in [-0.39, 0.29) is 17.4 Å².